The van der Waals surface area contributed by atoms with Gasteiger partial charge in [-0.15, -0.1) is 0 Å². The van der Waals surface area contributed by atoms with E-state index in [1.165, 1.54) is 11.1 Å². The molecule has 90 valence electrons. The second-order valence-corrected chi connectivity index (χ2v) is 4.74. The number of hydrogen-bond donors (Lipinski definition) is 1. The fourth-order valence-corrected chi connectivity index (χ4v) is 2.20. The molecule has 1 aromatic rings. The van der Waals surface area contributed by atoms with E-state index in [-0.39, 0.29) is 5.91 Å². The standard InChI is InChI=1S/C15H19NO/c1-12-5-4-8-14(9-12)11-16-15(17)10-13-6-2-3-7-13/h2,4-6,8-9,13H,3,7,10-11H2,1H3,(H,16,17). The van der Waals surface area contributed by atoms with Gasteiger partial charge >= 0.3 is 0 Å². The highest BCUT2D eigenvalue weighted by Gasteiger charge is 2.13. The molecule has 1 aliphatic carbocycles. The highest BCUT2D eigenvalue weighted by atomic mass is 16.1. The summed E-state index contributed by atoms with van der Waals surface area (Å²) >= 11 is 0. The first-order valence-electron chi connectivity index (χ1n) is 6.23. The molecule has 1 aliphatic rings. The van der Waals surface area contributed by atoms with Crippen molar-refractivity contribution in [2.45, 2.75) is 32.7 Å². The van der Waals surface area contributed by atoms with Crippen LogP contribution in [0.3, 0.4) is 0 Å². The highest BCUT2D eigenvalue weighted by molar-refractivity contribution is 5.76. The van der Waals surface area contributed by atoms with Gasteiger partial charge in [0, 0.05) is 13.0 Å². The molecule has 2 rings (SSSR count). The van der Waals surface area contributed by atoms with Crippen LogP contribution in [0.2, 0.25) is 0 Å². The first kappa shape index (κ1) is 11.9. The van der Waals surface area contributed by atoms with E-state index in [0.29, 0.717) is 18.9 Å². The molecule has 0 aromatic heterocycles. The zero-order valence-corrected chi connectivity index (χ0v) is 10.3. The van der Waals surface area contributed by atoms with E-state index >= 15 is 0 Å². The van der Waals surface area contributed by atoms with Crippen molar-refractivity contribution in [1.29, 1.82) is 0 Å². The minimum atomic E-state index is 0.156. The van der Waals surface area contributed by atoms with Crippen LogP contribution in [-0.2, 0) is 11.3 Å². The Labute approximate surface area is 103 Å². The summed E-state index contributed by atoms with van der Waals surface area (Å²) in [5.74, 6) is 0.607. The van der Waals surface area contributed by atoms with Gasteiger partial charge in [-0.05, 0) is 31.2 Å². The Hall–Kier alpha value is -1.57. The third kappa shape index (κ3) is 3.74. The number of aryl methyl sites for hydroxylation is 1. The van der Waals surface area contributed by atoms with Crippen LogP contribution in [0, 0.1) is 12.8 Å². The molecule has 0 aliphatic heterocycles. The molecule has 0 heterocycles. The average Bonchev–Trinajstić information content (AvgIpc) is 2.79. The van der Waals surface area contributed by atoms with Crippen molar-refractivity contribution in [3.05, 3.63) is 47.5 Å². The van der Waals surface area contributed by atoms with Gasteiger partial charge in [0.25, 0.3) is 0 Å². The lowest BCUT2D eigenvalue weighted by Gasteiger charge is -2.09. The molecule has 0 radical (unpaired) electrons. The second kappa shape index (κ2) is 5.67. The van der Waals surface area contributed by atoms with Crippen LogP contribution >= 0.6 is 0 Å². The predicted octanol–water partition coefficient (Wildman–Crippen LogP) is 2.97. The van der Waals surface area contributed by atoms with Gasteiger partial charge < -0.3 is 5.32 Å². The summed E-state index contributed by atoms with van der Waals surface area (Å²) in [5, 5.41) is 2.98. The molecule has 0 saturated heterocycles. The lowest BCUT2D eigenvalue weighted by molar-refractivity contribution is -0.121. The Balaban J connectivity index is 1.77. The van der Waals surface area contributed by atoms with Gasteiger partial charge in [0.2, 0.25) is 5.91 Å². The molecule has 0 fully saturated rings. The molecule has 1 amide bonds. The molecule has 17 heavy (non-hydrogen) atoms. The number of allylic oxidation sites excluding steroid dienone is 2. The van der Waals surface area contributed by atoms with Crippen molar-refractivity contribution in [2.24, 2.45) is 5.92 Å². The molecule has 2 heteroatoms. The summed E-state index contributed by atoms with van der Waals surface area (Å²) < 4.78 is 0. The summed E-state index contributed by atoms with van der Waals surface area (Å²) in [6.07, 6.45) is 7.20. The SMILES string of the molecule is Cc1cccc(CNC(=O)CC2C=CCC2)c1. The Morgan fingerprint density at radius 2 is 2.35 bits per heavy atom. The molecule has 0 spiro atoms. The van der Waals surface area contributed by atoms with E-state index in [1.807, 2.05) is 12.1 Å². The van der Waals surface area contributed by atoms with Gasteiger partial charge in [-0.3, -0.25) is 4.79 Å². The summed E-state index contributed by atoms with van der Waals surface area (Å²) in [7, 11) is 0. The number of carbonyl (C=O) groups is 1. The van der Waals surface area contributed by atoms with Crippen LogP contribution in [-0.4, -0.2) is 5.91 Å². The van der Waals surface area contributed by atoms with Crippen LogP contribution in [0.25, 0.3) is 0 Å². The summed E-state index contributed by atoms with van der Waals surface area (Å²) in [6, 6.07) is 8.24. The number of nitrogens with one attached hydrogen (secondary N) is 1. The van der Waals surface area contributed by atoms with E-state index in [0.717, 1.165) is 12.8 Å². The van der Waals surface area contributed by atoms with Gasteiger partial charge in [0.15, 0.2) is 0 Å². The van der Waals surface area contributed by atoms with Crippen molar-refractivity contribution in [3.8, 4) is 0 Å². The second-order valence-electron chi connectivity index (χ2n) is 4.74. The molecule has 1 N–H and O–H groups in total. The lowest BCUT2D eigenvalue weighted by Crippen LogP contribution is -2.24. The quantitative estimate of drug-likeness (QED) is 0.790. The molecular weight excluding hydrogens is 210 g/mol. The third-order valence-corrected chi connectivity index (χ3v) is 3.13. The molecule has 1 atom stereocenters. The minimum Gasteiger partial charge on any atom is -0.352 e. The fourth-order valence-electron chi connectivity index (χ4n) is 2.20. The van der Waals surface area contributed by atoms with Crippen molar-refractivity contribution < 1.29 is 4.79 Å². The van der Waals surface area contributed by atoms with Crippen molar-refractivity contribution >= 4 is 5.91 Å². The van der Waals surface area contributed by atoms with Crippen molar-refractivity contribution in [2.75, 3.05) is 0 Å². The van der Waals surface area contributed by atoms with E-state index < -0.39 is 0 Å². The van der Waals surface area contributed by atoms with Crippen LogP contribution in [0.15, 0.2) is 36.4 Å². The van der Waals surface area contributed by atoms with E-state index in [1.54, 1.807) is 0 Å². The Morgan fingerprint density at radius 1 is 1.47 bits per heavy atom. The maximum Gasteiger partial charge on any atom is 0.220 e. The summed E-state index contributed by atoms with van der Waals surface area (Å²) in [5.41, 5.74) is 2.40. The van der Waals surface area contributed by atoms with Crippen LogP contribution in [0.5, 0.6) is 0 Å². The summed E-state index contributed by atoms with van der Waals surface area (Å²) in [4.78, 5) is 11.7. The molecular formula is C15H19NO. The molecule has 0 saturated carbocycles. The van der Waals surface area contributed by atoms with E-state index in [2.05, 4.69) is 36.5 Å². The van der Waals surface area contributed by atoms with Crippen LogP contribution in [0.4, 0.5) is 0 Å². The van der Waals surface area contributed by atoms with Crippen molar-refractivity contribution in [3.63, 3.8) is 0 Å². The average molecular weight is 229 g/mol. The summed E-state index contributed by atoms with van der Waals surface area (Å²) in [6.45, 7) is 2.70. The number of amides is 1. The smallest absolute Gasteiger partial charge is 0.220 e. The van der Waals surface area contributed by atoms with Gasteiger partial charge in [-0.25, -0.2) is 0 Å². The number of rotatable bonds is 4. The Bertz CT molecular complexity index is 423. The predicted molar refractivity (Wildman–Crippen MR) is 69.5 cm³/mol. The Kier molecular flexibility index (Phi) is 3.97. The number of benzene rings is 1. The minimum absolute atomic E-state index is 0.156. The first-order valence-corrected chi connectivity index (χ1v) is 6.23. The zero-order valence-electron chi connectivity index (χ0n) is 10.3. The normalized spacial score (nSPS) is 18.3. The lowest BCUT2D eigenvalue weighted by atomic mass is 10.0. The number of hydrogen-bond acceptors (Lipinski definition) is 1. The largest absolute Gasteiger partial charge is 0.352 e. The molecule has 1 unspecified atom stereocenters. The van der Waals surface area contributed by atoms with Crippen LogP contribution in [0.1, 0.15) is 30.4 Å². The monoisotopic (exact) mass is 229 g/mol. The Morgan fingerprint density at radius 3 is 3.06 bits per heavy atom. The zero-order chi connectivity index (χ0) is 12.1. The molecule has 0 bridgehead atoms. The van der Waals surface area contributed by atoms with Crippen molar-refractivity contribution in [1.82, 2.24) is 5.32 Å². The van der Waals surface area contributed by atoms with Gasteiger partial charge in [-0.1, -0.05) is 42.0 Å². The highest BCUT2D eigenvalue weighted by Crippen LogP contribution is 2.20. The maximum atomic E-state index is 11.7. The molecule has 1 aromatic carbocycles. The fraction of sp³-hybridized carbons (Fsp3) is 0.400. The third-order valence-electron chi connectivity index (χ3n) is 3.13. The molecule has 2 nitrogen and oxygen atoms in total. The van der Waals surface area contributed by atoms with E-state index in [4.69, 9.17) is 0 Å². The first-order chi connectivity index (χ1) is 8.24. The maximum absolute atomic E-state index is 11.7. The van der Waals surface area contributed by atoms with E-state index in [9.17, 15) is 4.79 Å². The van der Waals surface area contributed by atoms with Gasteiger partial charge in [-0.2, -0.15) is 0 Å². The van der Waals surface area contributed by atoms with Gasteiger partial charge in [0.1, 0.15) is 0 Å². The number of carbonyl (C=O) groups excluding carboxylic acids is 1. The topological polar surface area (TPSA) is 29.1 Å². The van der Waals surface area contributed by atoms with Crippen LogP contribution < -0.4 is 5.32 Å². The van der Waals surface area contributed by atoms with Gasteiger partial charge in [0.05, 0.1) is 0 Å².